The van der Waals surface area contributed by atoms with E-state index in [1.54, 1.807) is 18.2 Å². The van der Waals surface area contributed by atoms with Gasteiger partial charge in [0.25, 0.3) is 5.91 Å². The molecule has 0 aromatic heterocycles. The van der Waals surface area contributed by atoms with E-state index in [9.17, 15) is 27.6 Å². The van der Waals surface area contributed by atoms with Crippen molar-refractivity contribution in [2.45, 2.75) is 50.0 Å². The summed E-state index contributed by atoms with van der Waals surface area (Å²) in [5.41, 5.74) is -0.458. The van der Waals surface area contributed by atoms with Crippen LogP contribution >= 0.6 is 0 Å². The van der Waals surface area contributed by atoms with Crippen LogP contribution in [0.5, 0.6) is 11.5 Å². The molecule has 13 heteroatoms. The van der Waals surface area contributed by atoms with E-state index in [4.69, 9.17) is 9.47 Å². The summed E-state index contributed by atoms with van der Waals surface area (Å²) < 4.78 is 49.2. The van der Waals surface area contributed by atoms with Crippen molar-refractivity contribution in [3.8, 4) is 11.5 Å². The monoisotopic (exact) mass is 561 g/mol. The van der Waals surface area contributed by atoms with Gasteiger partial charge in [0.05, 0.1) is 18.2 Å². The molecule has 2 aliphatic heterocycles. The molecule has 2 heterocycles. The average Bonchev–Trinajstić information content (AvgIpc) is 3.37. The first-order valence-electron chi connectivity index (χ1n) is 13.1. The van der Waals surface area contributed by atoms with E-state index in [0.717, 1.165) is 43.9 Å². The molecule has 4 N–H and O–H groups in total. The van der Waals surface area contributed by atoms with Crippen molar-refractivity contribution in [3.05, 3.63) is 53.6 Å². The number of rotatable bonds is 7. The average molecular weight is 562 g/mol. The standard InChI is InChI=1S/C27H30F3N5O5/c28-27(29,30)17-3-1-2-16(10-17)25(37)31-12-24(36)32-20-13-35(14-20)21-7-4-18(5-8-21)33-26(38)34-19-6-9-22-23(11-19)40-15-39-22/h1-3,6,9-11,18,20-21H,4-5,7-8,12-15H2,(H,31,37)(H,32,36)(H2,33,34,38)/t18-,21+. The summed E-state index contributed by atoms with van der Waals surface area (Å²) in [5.74, 6) is 0.109. The molecule has 1 aliphatic carbocycles. The van der Waals surface area contributed by atoms with Gasteiger partial charge in [-0.1, -0.05) is 6.07 Å². The zero-order valence-electron chi connectivity index (χ0n) is 21.6. The molecular weight excluding hydrogens is 531 g/mol. The van der Waals surface area contributed by atoms with Crippen molar-refractivity contribution >= 4 is 23.5 Å². The molecule has 2 aromatic carbocycles. The largest absolute Gasteiger partial charge is 0.454 e. The minimum absolute atomic E-state index is 0.0544. The van der Waals surface area contributed by atoms with Crippen molar-refractivity contribution in [3.63, 3.8) is 0 Å². The fourth-order valence-electron chi connectivity index (χ4n) is 5.19. The van der Waals surface area contributed by atoms with Gasteiger partial charge in [-0.05, 0) is 56.0 Å². The van der Waals surface area contributed by atoms with Crippen LogP contribution in [-0.4, -0.2) is 67.3 Å². The molecule has 0 radical (unpaired) electrons. The van der Waals surface area contributed by atoms with Gasteiger partial charge in [-0.2, -0.15) is 13.2 Å². The fraction of sp³-hybridized carbons (Fsp3) is 0.444. The van der Waals surface area contributed by atoms with Crippen molar-refractivity contribution in [2.75, 3.05) is 31.7 Å². The molecule has 1 saturated heterocycles. The lowest BCUT2D eigenvalue weighted by Crippen LogP contribution is -2.63. The van der Waals surface area contributed by atoms with E-state index in [1.807, 2.05) is 0 Å². The Kier molecular flexibility index (Phi) is 8.01. The molecule has 214 valence electrons. The number of nitrogens with one attached hydrogen (secondary N) is 4. The van der Waals surface area contributed by atoms with E-state index in [0.29, 0.717) is 36.3 Å². The first kappa shape index (κ1) is 27.6. The van der Waals surface area contributed by atoms with Crippen LogP contribution < -0.4 is 30.7 Å². The zero-order chi connectivity index (χ0) is 28.3. The molecule has 2 aromatic rings. The molecule has 3 aliphatic rings. The van der Waals surface area contributed by atoms with Crippen LogP contribution in [0.4, 0.5) is 23.7 Å². The van der Waals surface area contributed by atoms with E-state index in [-0.39, 0.29) is 37.0 Å². The number of carbonyl (C=O) groups is 3. The summed E-state index contributed by atoms with van der Waals surface area (Å²) in [6, 6.07) is 9.41. The van der Waals surface area contributed by atoms with E-state index < -0.39 is 23.6 Å². The van der Waals surface area contributed by atoms with Gasteiger partial charge in [-0.25, -0.2) is 4.79 Å². The Hall–Kier alpha value is -4.00. The van der Waals surface area contributed by atoms with E-state index in [2.05, 4.69) is 26.2 Å². The normalized spacial score (nSPS) is 20.8. The maximum absolute atomic E-state index is 12.9. The van der Waals surface area contributed by atoms with Gasteiger partial charge in [0, 0.05) is 42.5 Å². The summed E-state index contributed by atoms with van der Waals surface area (Å²) in [7, 11) is 0. The van der Waals surface area contributed by atoms with Gasteiger partial charge in [0.1, 0.15) is 0 Å². The summed E-state index contributed by atoms with van der Waals surface area (Å²) in [4.78, 5) is 39.1. The number of nitrogens with zero attached hydrogens (tertiary/aromatic N) is 1. The van der Waals surface area contributed by atoms with Crippen LogP contribution in [0.2, 0.25) is 0 Å². The van der Waals surface area contributed by atoms with Crippen molar-refractivity contribution in [1.82, 2.24) is 20.9 Å². The fourth-order valence-corrected chi connectivity index (χ4v) is 5.19. The topological polar surface area (TPSA) is 121 Å². The summed E-state index contributed by atoms with van der Waals surface area (Å²) in [6.45, 7) is 1.21. The molecule has 0 atom stereocenters. The maximum atomic E-state index is 12.9. The Morgan fingerprint density at radius 2 is 1.65 bits per heavy atom. The third kappa shape index (κ3) is 6.76. The first-order chi connectivity index (χ1) is 19.1. The molecule has 10 nitrogen and oxygen atoms in total. The lowest BCUT2D eigenvalue weighted by Gasteiger charge is -2.46. The predicted molar refractivity (Wildman–Crippen MR) is 138 cm³/mol. The van der Waals surface area contributed by atoms with E-state index >= 15 is 0 Å². The summed E-state index contributed by atoms with van der Waals surface area (Å²) in [6.07, 6.45) is -1.03. The number of anilines is 1. The molecule has 0 bridgehead atoms. The lowest BCUT2D eigenvalue weighted by molar-refractivity contribution is -0.137. The highest BCUT2D eigenvalue weighted by Crippen LogP contribution is 2.34. The second kappa shape index (κ2) is 11.6. The van der Waals surface area contributed by atoms with Gasteiger partial charge in [0.15, 0.2) is 11.5 Å². The number of hydrogen-bond acceptors (Lipinski definition) is 6. The SMILES string of the molecule is O=C(CNC(=O)c1cccc(C(F)(F)F)c1)NC1CN([C@H]2CC[C@@H](NC(=O)Nc3ccc4c(c3)OCO4)CC2)C1. The third-order valence-electron chi connectivity index (χ3n) is 7.32. The van der Waals surface area contributed by atoms with Crippen LogP contribution in [0, 0.1) is 0 Å². The Labute approximate surface area is 228 Å². The minimum Gasteiger partial charge on any atom is -0.454 e. The lowest BCUT2D eigenvalue weighted by atomic mass is 9.88. The molecule has 0 unspecified atom stereocenters. The van der Waals surface area contributed by atoms with Crippen LogP contribution in [0.3, 0.4) is 0 Å². The molecule has 2 fully saturated rings. The highest BCUT2D eigenvalue weighted by molar-refractivity contribution is 5.96. The van der Waals surface area contributed by atoms with Crippen LogP contribution in [-0.2, 0) is 11.0 Å². The molecule has 40 heavy (non-hydrogen) atoms. The molecule has 1 saturated carbocycles. The molecule has 0 spiro atoms. The van der Waals surface area contributed by atoms with Gasteiger partial charge < -0.3 is 30.7 Å². The maximum Gasteiger partial charge on any atom is 0.416 e. The smallest absolute Gasteiger partial charge is 0.416 e. The van der Waals surface area contributed by atoms with Crippen LogP contribution in [0.25, 0.3) is 0 Å². The Morgan fingerprint density at radius 3 is 2.40 bits per heavy atom. The van der Waals surface area contributed by atoms with Crippen LogP contribution in [0.15, 0.2) is 42.5 Å². The number of hydrogen-bond donors (Lipinski definition) is 4. The Morgan fingerprint density at radius 1 is 0.900 bits per heavy atom. The van der Waals surface area contributed by atoms with Gasteiger partial charge in [0.2, 0.25) is 12.7 Å². The van der Waals surface area contributed by atoms with Crippen molar-refractivity contribution < 1.29 is 37.0 Å². The number of urea groups is 1. The number of alkyl halides is 3. The number of carbonyl (C=O) groups excluding carboxylic acids is 3. The van der Waals surface area contributed by atoms with Crippen molar-refractivity contribution in [2.24, 2.45) is 0 Å². The summed E-state index contributed by atoms with van der Waals surface area (Å²) in [5, 5.41) is 11.1. The number of fused-ring (bicyclic) bond motifs is 1. The highest BCUT2D eigenvalue weighted by Gasteiger charge is 2.35. The Balaban J connectivity index is 0.968. The zero-order valence-corrected chi connectivity index (χ0v) is 21.6. The highest BCUT2D eigenvalue weighted by atomic mass is 19.4. The number of benzene rings is 2. The predicted octanol–water partition coefficient (Wildman–Crippen LogP) is 3.10. The minimum atomic E-state index is -4.55. The quantitative estimate of drug-likeness (QED) is 0.413. The third-order valence-corrected chi connectivity index (χ3v) is 7.32. The van der Waals surface area contributed by atoms with Gasteiger partial charge >= 0.3 is 12.2 Å². The molecular formula is C27H30F3N5O5. The van der Waals surface area contributed by atoms with Gasteiger partial charge in [-0.3, -0.25) is 14.5 Å². The van der Waals surface area contributed by atoms with Crippen molar-refractivity contribution in [1.29, 1.82) is 0 Å². The number of likely N-dealkylation sites (tertiary alicyclic amines) is 1. The second-order valence-corrected chi connectivity index (χ2v) is 10.2. The number of halogens is 3. The van der Waals surface area contributed by atoms with Gasteiger partial charge in [-0.15, -0.1) is 0 Å². The number of amides is 4. The Bertz CT molecular complexity index is 1260. The van der Waals surface area contributed by atoms with Crippen LogP contribution in [0.1, 0.15) is 41.6 Å². The summed E-state index contributed by atoms with van der Waals surface area (Å²) >= 11 is 0. The second-order valence-electron chi connectivity index (χ2n) is 10.2. The molecule has 5 rings (SSSR count). The number of ether oxygens (including phenoxy) is 2. The first-order valence-corrected chi connectivity index (χ1v) is 13.1. The molecule has 4 amide bonds. The van der Waals surface area contributed by atoms with E-state index in [1.165, 1.54) is 6.07 Å².